The molecule has 1 saturated heterocycles. The zero-order valence-corrected chi connectivity index (χ0v) is 10.8. The van der Waals surface area contributed by atoms with E-state index in [0.717, 1.165) is 57.6 Å². The van der Waals surface area contributed by atoms with E-state index in [0.29, 0.717) is 5.69 Å². The first kappa shape index (κ1) is 13.8. The first-order valence-electron chi connectivity index (χ1n) is 6.46. The van der Waals surface area contributed by atoms with Gasteiger partial charge in [-0.1, -0.05) is 5.16 Å². The van der Waals surface area contributed by atoms with Gasteiger partial charge in [-0.25, -0.2) is 4.98 Å². The Morgan fingerprint density at radius 3 is 2.89 bits per heavy atom. The lowest BCUT2D eigenvalue weighted by Crippen LogP contribution is -2.36. The summed E-state index contributed by atoms with van der Waals surface area (Å²) in [7, 11) is 0. The minimum atomic E-state index is 0.0229. The third kappa shape index (κ3) is 4.18. The summed E-state index contributed by atoms with van der Waals surface area (Å²) in [5.41, 5.74) is 1.19. The number of ether oxygens (including phenoxy) is 1. The SMILES string of the molecule is O/N=C/c1nc(CCCN2CCOCC2)ccc1O. The molecule has 2 rings (SSSR count). The Hall–Kier alpha value is -1.66. The largest absolute Gasteiger partial charge is 0.506 e. The Morgan fingerprint density at radius 2 is 2.16 bits per heavy atom. The molecule has 1 fully saturated rings. The van der Waals surface area contributed by atoms with Gasteiger partial charge in [-0.05, 0) is 31.5 Å². The van der Waals surface area contributed by atoms with E-state index in [1.165, 1.54) is 0 Å². The highest BCUT2D eigenvalue weighted by atomic mass is 16.5. The van der Waals surface area contributed by atoms with E-state index >= 15 is 0 Å². The molecule has 1 aliphatic heterocycles. The minimum absolute atomic E-state index is 0.0229. The highest BCUT2D eigenvalue weighted by molar-refractivity contribution is 5.80. The molecule has 19 heavy (non-hydrogen) atoms. The molecule has 0 spiro atoms. The maximum Gasteiger partial charge on any atom is 0.142 e. The summed E-state index contributed by atoms with van der Waals surface area (Å²) in [5.74, 6) is 0.0229. The quantitative estimate of drug-likeness (QED) is 0.469. The highest BCUT2D eigenvalue weighted by Gasteiger charge is 2.10. The van der Waals surface area contributed by atoms with E-state index in [2.05, 4.69) is 15.0 Å². The zero-order chi connectivity index (χ0) is 13.5. The smallest absolute Gasteiger partial charge is 0.142 e. The second-order valence-corrected chi connectivity index (χ2v) is 4.51. The Labute approximate surface area is 112 Å². The van der Waals surface area contributed by atoms with Crippen LogP contribution in [0.2, 0.25) is 0 Å². The Morgan fingerprint density at radius 1 is 1.37 bits per heavy atom. The molecule has 0 unspecified atom stereocenters. The lowest BCUT2D eigenvalue weighted by atomic mass is 10.2. The van der Waals surface area contributed by atoms with E-state index in [4.69, 9.17) is 9.94 Å². The molecule has 0 atom stereocenters. The molecule has 0 amide bonds. The fraction of sp³-hybridized carbons (Fsp3) is 0.538. The maximum absolute atomic E-state index is 9.51. The molecular formula is C13H19N3O3. The topological polar surface area (TPSA) is 78.2 Å². The van der Waals surface area contributed by atoms with Crippen molar-refractivity contribution in [3.8, 4) is 5.75 Å². The normalized spacial score (nSPS) is 17.1. The minimum Gasteiger partial charge on any atom is -0.506 e. The van der Waals surface area contributed by atoms with E-state index in [-0.39, 0.29) is 5.75 Å². The fourth-order valence-corrected chi connectivity index (χ4v) is 2.11. The Bertz CT molecular complexity index is 431. The van der Waals surface area contributed by atoms with Gasteiger partial charge in [0.1, 0.15) is 11.4 Å². The molecule has 6 nitrogen and oxygen atoms in total. The van der Waals surface area contributed by atoms with Crippen molar-refractivity contribution in [3.63, 3.8) is 0 Å². The van der Waals surface area contributed by atoms with Gasteiger partial charge in [-0.15, -0.1) is 0 Å². The molecular weight excluding hydrogens is 246 g/mol. The molecule has 104 valence electrons. The molecule has 0 aromatic carbocycles. The Kier molecular flexibility index (Phi) is 5.11. The summed E-state index contributed by atoms with van der Waals surface area (Å²) >= 11 is 0. The third-order valence-corrected chi connectivity index (χ3v) is 3.15. The van der Waals surface area contributed by atoms with Crippen molar-refractivity contribution in [1.29, 1.82) is 0 Å². The van der Waals surface area contributed by atoms with Crippen molar-refractivity contribution >= 4 is 6.21 Å². The van der Waals surface area contributed by atoms with Crippen LogP contribution in [-0.4, -0.2) is 59.3 Å². The van der Waals surface area contributed by atoms with E-state index in [9.17, 15) is 5.11 Å². The number of morpholine rings is 1. The van der Waals surface area contributed by atoms with Crippen LogP contribution < -0.4 is 0 Å². The summed E-state index contributed by atoms with van der Waals surface area (Å²) in [5, 5.41) is 20.9. The highest BCUT2D eigenvalue weighted by Crippen LogP contribution is 2.14. The standard InChI is InChI=1S/C13H19N3O3/c17-13-4-3-11(15-12(13)10-14-18)2-1-5-16-6-8-19-9-7-16/h3-4,10,17-18H,1-2,5-9H2/b14-10+. The summed E-state index contributed by atoms with van der Waals surface area (Å²) < 4.78 is 5.30. The molecule has 0 radical (unpaired) electrons. The summed E-state index contributed by atoms with van der Waals surface area (Å²) in [6, 6.07) is 3.37. The lowest BCUT2D eigenvalue weighted by Gasteiger charge is -2.26. The van der Waals surface area contributed by atoms with E-state index < -0.39 is 0 Å². The first-order valence-corrected chi connectivity index (χ1v) is 6.46. The summed E-state index contributed by atoms with van der Waals surface area (Å²) in [6.45, 7) is 4.63. The fourth-order valence-electron chi connectivity index (χ4n) is 2.11. The second-order valence-electron chi connectivity index (χ2n) is 4.51. The molecule has 0 aliphatic carbocycles. The molecule has 2 heterocycles. The predicted octanol–water partition coefficient (Wildman–Crippen LogP) is 0.860. The van der Waals surface area contributed by atoms with Crippen LogP contribution >= 0.6 is 0 Å². The number of nitrogens with zero attached hydrogens (tertiary/aromatic N) is 3. The molecule has 1 aromatic heterocycles. The molecule has 1 aromatic rings. The van der Waals surface area contributed by atoms with Crippen molar-refractivity contribution in [1.82, 2.24) is 9.88 Å². The zero-order valence-electron chi connectivity index (χ0n) is 10.8. The van der Waals surface area contributed by atoms with Gasteiger partial charge in [-0.3, -0.25) is 4.90 Å². The van der Waals surface area contributed by atoms with Crippen LogP contribution in [-0.2, 0) is 11.2 Å². The number of rotatable bonds is 5. The van der Waals surface area contributed by atoms with Gasteiger partial charge in [0.15, 0.2) is 0 Å². The number of hydrogen-bond donors (Lipinski definition) is 2. The number of aryl methyl sites for hydroxylation is 1. The summed E-state index contributed by atoms with van der Waals surface area (Å²) in [6.07, 6.45) is 2.98. The first-order chi connectivity index (χ1) is 9.29. The second kappa shape index (κ2) is 7.06. The molecule has 0 saturated carbocycles. The molecule has 0 bridgehead atoms. The average molecular weight is 265 g/mol. The number of hydrogen-bond acceptors (Lipinski definition) is 6. The number of aromatic nitrogens is 1. The van der Waals surface area contributed by atoms with Crippen LogP contribution in [0.5, 0.6) is 5.75 Å². The van der Waals surface area contributed by atoms with Crippen LogP contribution in [0.15, 0.2) is 17.3 Å². The van der Waals surface area contributed by atoms with Crippen molar-refractivity contribution < 1.29 is 15.1 Å². The number of oxime groups is 1. The van der Waals surface area contributed by atoms with E-state index in [1.54, 1.807) is 12.1 Å². The average Bonchev–Trinajstić information content (AvgIpc) is 2.44. The van der Waals surface area contributed by atoms with Crippen molar-refractivity contribution in [2.24, 2.45) is 5.16 Å². The third-order valence-electron chi connectivity index (χ3n) is 3.15. The van der Waals surface area contributed by atoms with Crippen LogP contribution in [0, 0.1) is 0 Å². The van der Waals surface area contributed by atoms with Crippen LogP contribution in [0.25, 0.3) is 0 Å². The maximum atomic E-state index is 9.51. The molecule has 1 aliphatic rings. The summed E-state index contributed by atoms with van der Waals surface area (Å²) in [4.78, 5) is 6.62. The van der Waals surface area contributed by atoms with Gasteiger partial charge in [0, 0.05) is 18.8 Å². The van der Waals surface area contributed by atoms with Crippen LogP contribution in [0.3, 0.4) is 0 Å². The van der Waals surface area contributed by atoms with Gasteiger partial charge < -0.3 is 15.1 Å². The Balaban J connectivity index is 1.83. The van der Waals surface area contributed by atoms with Gasteiger partial charge in [-0.2, -0.15) is 0 Å². The number of pyridine rings is 1. The van der Waals surface area contributed by atoms with Crippen molar-refractivity contribution in [3.05, 3.63) is 23.5 Å². The van der Waals surface area contributed by atoms with E-state index in [1.807, 2.05) is 0 Å². The predicted molar refractivity (Wildman–Crippen MR) is 70.9 cm³/mol. The van der Waals surface area contributed by atoms with Gasteiger partial charge in [0.25, 0.3) is 0 Å². The van der Waals surface area contributed by atoms with Gasteiger partial charge in [0.2, 0.25) is 0 Å². The monoisotopic (exact) mass is 265 g/mol. The van der Waals surface area contributed by atoms with Crippen molar-refractivity contribution in [2.45, 2.75) is 12.8 Å². The van der Waals surface area contributed by atoms with Crippen LogP contribution in [0.1, 0.15) is 17.8 Å². The lowest BCUT2D eigenvalue weighted by molar-refractivity contribution is 0.0374. The number of aromatic hydroxyl groups is 1. The van der Waals surface area contributed by atoms with Crippen molar-refractivity contribution in [2.75, 3.05) is 32.8 Å². The van der Waals surface area contributed by atoms with Gasteiger partial charge in [0.05, 0.1) is 19.4 Å². The molecule has 2 N–H and O–H groups in total. The molecule has 6 heteroatoms. The van der Waals surface area contributed by atoms with Gasteiger partial charge >= 0.3 is 0 Å². The van der Waals surface area contributed by atoms with Crippen LogP contribution in [0.4, 0.5) is 0 Å².